The van der Waals surface area contributed by atoms with Gasteiger partial charge in [-0.3, -0.25) is 9.10 Å². The molecule has 9 heteroatoms. The van der Waals surface area contributed by atoms with Gasteiger partial charge in [0.25, 0.3) is 5.91 Å². The third-order valence-corrected chi connectivity index (χ3v) is 6.86. The molecule has 1 amide bonds. The van der Waals surface area contributed by atoms with Crippen molar-refractivity contribution < 1.29 is 17.9 Å². The Morgan fingerprint density at radius 3 is 2.40 bits per heavy atom. The first kappa shape index (κ1) is 20.8. The van der Waals surface area contributed by atoms with E-state index in [1.807, 2.05) is 18.2 Å². The molecular weight excluding hydrogens is 426 g/mol. The van der Waals surface area contributed by atoms with Gasteiger partial charge in [0.15, 0.2) is 6.10 Å². The highest BCUT2D eigenvalue weighted by Gasteiger charge is 2.34. The molecule has 1 fully saturated rings. The first-order valence-corrected chi connectivity index (χ1v) is 12.1. The third kappa shape index (κ3) is 4.34. The van der Waals surface area contributed by atoms with E-state index in [0.717, 1.165) is 25.0 Å². The van der Waals surface area contributed by atoms with Gasteiger partial charge >= 0.3 is 0 Å². The molecule has 2 heterocycles. The number of piperazine rings is 1. The SMILES string of the molecule is CS(=O)(=O)N1CCC(C(=O)N2CCN(c3ccccc3)CC2)Oc2ccc(Cl)cc21. The number of carbonyl (C=O) groups is 1. The van der Waals surface area contributed by atoms with Crippen LogP contribution in [0.5, 0.6) is 5.75 Å². The van der Waals surface area contributed by atoms with Crippen LogP contribution in [0.15, 0.2) is 48.5 Å². The van der Waals surface area contributed by atoms with Gasteiger partial charge in [0, 0.05) is 49.9 Å². The van der Waals surface area contributed by atoms with Crippen LogP contribution in [-0.4, -0.2) is 64.3 Å². The maximum atomic E-state index is 13.2. The summed E-state index contributed by atoms with van der Waals surface area (Å²) in [5, 5.41) is 0.410. The van der Waals surface area contributed by atoms with E-state index in [0.29, 0.717) is 29.5 Å². The molecule has 4 rings (SSSR count). The number of anilines is 2. The highest BCUT2D eigenvalue weighted by molar-refractivity contribution is 7.92. The van der Waals surface area contributed by atoms with Crippen molar-refractivity contribution in [3.8, 4) is 5.75 Å². The van der Waals surface area contributed by atoms with Gasteiger partial charge < -0.3 is 14.5 Å². The Morgan fingerprint density at radius 1 is 1.03 bits per heavy atom. The van der Waals surface area contributed by atoms with Crippen LogP contribution in [0, 0.1) is 0 Å². The Balaban J connectivity index is 1.48. The summed E-state index contributed by atoms with van der Waals surface area (Å²) in [6.07, 6.45) is 0.680. The molecule has 160 valence electrons. The van der Waals surface area contributed by atoms with Crippen molar-refractivity contribution in [2.24, 2.45) is 0 Å². The van der Waals surface area contributed by atoms with Crippen molar-refractivity contribution in [2.75, 3.05) is 48.2 Å². The quantitative estimate of drug-likeness (QED) is 0.720. The van der Waals surface area contributed by atoms with Crippen LogP contribution in [0.1, 0.15) is 6.42 Å². The molecule has 0 aromatic heterocycles. The van der Waals surface area contributed by atoms with Crippen LogP contribution in [-0.2, 0) is 14.8 Å². The number of halogens is 1. The van der Waals surface area contributed by atoms with Crippen molar-refractivity contribution in [3.05, 3.63) is 53.6 Å². The smallest absolute Gasteiger partial charge is 0.263 e. The van der Waals surface area contributed by atoms with E-state index < -0.39 is 16.1 Å². The minimum atomic E-state index is -3.53. The summed E-state index contributed by atoms with van der Waals surface area (Å²) in [4.78, 5) is 17.2. The molecule has 1 unspecified atom stereocenters. The van der Waals surface area contributed by atoms with E-state index in [9.17, 15) is 13.2 Å². The van der Waals surface area contributed by atoms with E-state index in [2.05, 4.69) is 17.0 Å². The number of carbonyl (C=O) groups excluding carboxylic acids is 1. The monoisotopic (exact) mass is 449 g/mol. The normalized spacial score (nSPS) is 19.7. The van der Waals surface area contributed by atoms with Crippen LogP contribution >= 0.6 is 11.6 Å². The lowest BCUT2D eigenvalue weighted by atomic mass is 10.2. The number of benzene rings is 2. The molecule has 7 nitrogen and oxygen atoms in total. The number of ether oxygens (including phenoxy) is 1. The summed E-state index contributed by atoms with van der Waals surface area (Å²) >= 11 is 6.07. The van der Waals surface area contributed by atoms with Gasteiger partial charge in [0.1, 0.15) is 5.75 Å². The topological polar surface area (TPSA) is 70.2 Å². The summed E-state index contributed by atoms with van der Waals surface area (Å²) in [6.45, 7) is 2.83. The second-order valence-electron chi connectivity index (χ2n) is 7.49. The number of sulfonamides is 1. The predicted octanol–water partition coefficient (Wildman–Crippen LogP) is 2.61. The van der Waals surface area contributed by atoms with Gasteiger partial charge in [-0.05, 0) is 30.3 Å². The zero-order valence-electron chi connectivity index (χ0n) is 16.7. The van der Waals surface area contributed by atoms with Crippen LogP contribution in [0.4, 0.5) is 11.4 Å². The summed E-state index contributed by atoms with van der Waals surface area (Å²) in [5.74, 6) is 0.238. The van der Waals surface area contributed by atoms with E-state index in [1.54, 1.807) is 23.1 Å². The Bertz CT molecular complexity index is 1020. The zero-order chi connectivity index (χ0) is 21.3. The van der Waals surface area contributed by atoms with Crippen molar-refractivity contribution in [3.63, 3.8) is 0 Å². The van der Waals surface area contributed by atoms with Crippen molar-refractivity contribution in [2.45, 2.75) is 12.5 Å². The zero-order valence-corrected chi connectivity index (χ0v) is 18.3. The first-order chi connectivity index (χ1) is 14.3. The average Bonchev–Trinajstić information content (AvgIpc) is 2.93. The molecule has 1 saturated heterocycles. The summed E-state index contributed by atoms with van der Waals surface area (Å²) in [5.41, 5.74) is 1.51. The molecule has 0 radical (unpaired) electrons. The van der Waals surface area contributed by atoms with Crippen molar-refractivity contribution in [1.29, 1.82) is 0 Å². The van der Waals surface area contributed by atoms with Crippen LogP contribution < -0.4 is 13.9 Å². The number of rotatable bonds is 3. The first-order valence-electron chi connectivity index (χ1n) is 9.85. The standard InChI is InChI=1S/C21H24ClN3O4S/c1-30(27,28)25-10-9-20(29-19-8-7-16(22)15-18(19)25)21(26)24-13-11-23(12-14-24)17-5-3-2-4-6-17/h2-8,15,20H,9-14H2,1H3. The fourth-order valence-corrected chi connectivity index (χ4v) is 5.00. The molecule has 1 atom stereocenters. The number of fused-ring (bicyclic) bond motifs is 1. The Labute approximate surface area is 181 Å². The molecule has 30 heavy (non-hydrogen) atoms. The maximum Gasteiger partial charge on any atom is 0.263 e. The lowest BCUT2D eigenvalue weighted by Crippen LogP contribution is -2.52. The van der Waals surface area contributed by atoms with Gasteiger partial charge in [-0.25, -0.2) is 8.42 Å². The van der Waals surface area contributed by atoms with E-state index in [-0.39, 0.29) is 18.9 Å². The lowest BCUT2D eigenvalue weighted by Gasteiger charge is -2.37. The lowest BCUT2D eigenvalue weighted by molar-refractivity contribution is -0.139. The molecular formula is C21H24ClN3O4S. The van der Waals surface area contributed by atoms with Crippen LogP contribution in [0.2, 0.25) is 5.02 Å². The molecule has 0 saturated carbocycles. The molecule has 0 bridgehead atoms. The number of hydrogen-bond donors (Lipinski definition) is 0. The summed E-state index contributed by atoms with van der Waals surface area (Å²) in [7, 11) is -3.53. The van der Waals surface area contributed by atoms with E-state index in [4.69, 9.17) is 16.3 Å². The predicted molar refractivity (Wildman–Crippen MR) is 118 cm³/mol. The molecule has 0 spiro atoms. The molecule has 2 aromatic carbocycles. The van der Waals surface area contributed by atoms with Gasteiger partial charge in [0.2, 0.25) is 10.0 Å². The largest absolute Gasteiger partial charge is 0.478 e. The van der Waals surface area contributed by atoms with Crippen molar-refractivity contribution >= 4 is 38.9 Å². The van der Waals surface area contributed by atoms with Gasteiger partial charge in [-0.15, -0.1) is 0 Å². The second-order valence-corrected chi connectivity index (χ2v) is 9.83. The summed E-state index contributed by atoms with van der Waals surface area (Å²) in [6, 6.07) is 14.9. The molecule has 0 aliphatic carbocycles. The van der Waals surface area contributed by atoms with Gasteiger partial charge in [-0.1, -0.05) is 29.8 Å². The summed E-state index contributed by atoms with van der Waals surface area (Å²) < 4.78 is 31.8. The number of hydrogen-bond acceptors (Lipinski definition) is 5. The van der Waals surface area contributed by atoms with Gasteiger partial charge in [-0.2, -0.15) is 0 Å². The van der Waals surface area contributed by atoms with E-state index >= 15 is 0 Å². The minimum Gasteiger partial charge on any atom is -0.478 e. The molecule has 2 aromatic rings. The van der Waals surface area contributed by atoms with Crippen molar-refractivity contribution in [1.82, 2.24) is 4.90 Å². The number of para-hydroxylation sites is 1. The van der Waals surface area contributed by atoms with Crippen LogP contribution in [0.3, 0.4) is 0 Å². The fraction of sp³-hybridized carbons (Fsp3) is 0.381. The number of amides is 1. The fourth-order valence-electron chi connectivity index (χ4n) is 3.90. The van der Waals surface area contributed by atoms with E-state index in [1.165, 1.54) is 4.31 Å². The Kier molecular flexibility index (Phi) is 5.79. The third-order valence-electron chi connectivity index (χ3n) is 5.44. The highest BCUT2D eigenvalue weighted by Crippen LogP contribution is 2.36. The average molecular weight is 450 g/mol. The maximum absolute atomic E-state index is 13.2. The van der Waals surface area contributed by atoms with Crippen LogP contribution in [0.25, 0.3) is 0 Å². The highest BCUT2D eigenvalue weighted by atomic mass is 35.5. The molecule has 0 N–H and O–H groups in total. The minimum absolute atomic E-state index is 0.112. The van der Waals surface area contributed by atoms with Gasteiger partial charge in [0.05, 0.1) is 11.9 Å². The number of nitrogens with zero attached hydrogens (tertiary/aromatic N) is 3. The second kappa shape index (κ2) is 8.35. The molecule has 2 aliphatic heterocycles. The Hall–Kier alpha value is -2.45. The molecule has 2 aliphatic rings. The Morgan fingerprint density at radius 2 is 1.73 bits per heavy atom.